The number of hydrogen-bond donors (Lipinski definition) is 0. The Bertz CT molecular complexity index is 3420. The topological polar surface area (TPSA) is 22.9 Å². The summed E-state index contributed by atoms with van der Waals surface area (Å²) in [7, 11) is 0. The molecule has 5 heteroatoms. The van der Waals surface area contributed by atoms with Crippen molar-refractivity contribution in [2.75, 3.05) is 14.7 Å². The van der Waals surface area contributed by atoms with E-state index in [1.165, 1.54) is 97.9 Å². The van der Waals surface area contributed by atoms with E-state index in [0.717, 1.165) is 53.5 Å². The van der Waals surface area contributed by atoms with Crippen molar-refractivity contribution in [2.45, 2.75) is 199 Å². The summed E-state index contributed by atoms with van der Waals surface area (Å²) in [6.45, 7) is 38.8. The van der Waals surface area contributed by atoms with Crippen LogP contribution in [-0.4, -0.2) is 12.3 Å². The first-order valence-corrected chi connectivity index (χ1v) is 28.3. The number of benzene rings is 6. The first kappa shape index (κ1) is 48.0. The van der Waals surface area contributed by atoms with Crippen molar-refractivity contribution in [1.29, 1.82) is 0 Å². The van der Waals surface area contributed by atoms with Gasteiger partial charge in [-0.25, -0.2) is 0 Å². The fraction of sp³-hybridized carbons (Fsp3) is 0.449. The quantitative estimate of drug-likeness (QED) is 0.164. The van der Waals surface area contributed by atoms with E-state index < -0.39 is 0 Å². The molecule has 3 atom stereocenters. The average Bonchev–Trinajstić information content (AvgIpc) is 3.88. The molecule has 0 radical (unpaired) electrons. The van der Waals surface area contributed by atoms with Gasteiger partial charge in [0.25, 0.3) is 6.71 Å². The summed E-state index contributed by atoms with van der Waals surface area (Å²) in [4.78, 5) is 8.01. The summed E-state index contributed by atoms with van der Waals surface area (Å²) in [5.74, 6) is 0.959. The molecule has 7 aromatic rings. The SMILES string of the molecule is CC(C)(C)c1ccc(N(c2ccc(C(C)(C)C)cc2)c2cc3c4c(c2)N2c5c6cc(cc5C5(C)CCCCC25C)C(C)(C)CC2(C)CCC(C)(C)c5cc7oc(c(c7cc52)B64)N3c2ccc(C(C)(C)C)cc2)cc1. The molecule has 0 spiro atoms. The molecular formula is C69H80BN3O. The third-order valence-corrected chi connectivity index (χ3v) is 20.3. The predicted octanol–water partition coefficient (Wildman–Crippen LogP) is 17.2. The summed E-state index contributed by atoms with van der Waals surface area (Å²) >= 11 is 0. The van der Waals surface area contributed by atoms with Gasteiger partial charge in [0.05, 0.1) is 11.2 Å². The molecule has 6 aliphatic rings. The maximum Gasteiger partial charge on any atom is 0.257 e. The Kier molecular flexibility index (Phi) is 9.76. The predicted molar refractivity (Wildman–Crippen MR) is 316 cm³/mol. The van der Waals surface area contributed by atoms with Crippen molar-refractivity contribution < 1.29 is 4.42 Å². The molecule has 4 nitrogen and oxygen atoms in total. The molecule has 4 aliphatic heterocycles. The summed E-state index contributed by atoms with van der Waals surface area (Å²) < 4.78 is 7.71. The van der Waals surface area contributed by atoms with Gasteiger partial charge >= 0.3 is 0 Å². The molecule has 1 aromatic heterocycles. The highest BCUT2D eigenvalue weighted by atomic mass is 16.4. The van der Waals surface area contributed by atoms with E-state index in [1.807, 2.05) is 0 Å². The monoisotopic (exact) mass is 978 g/mol. The molecular weight excluding hydrogens is 898 g/mol. The Hall–Kier alpha value is -5.68. The Morgan fingerprint density at radius 1 is 0.527 bits per heavy atom. The minimum atomic E-state index is -0.145. The standard InChI is InChI=1S/C69H80BN3O/c1-62(2,3)42-19-25-46(26-20-42)71(47-27-21-43(22-28-47)63(4,5)6)49-37-55-59-56(38-49)73-60-53(68(15)31-17-18-32-69(68,73)16)35-45-36-54(60)70(59)58-50-39-52-51(65(10,11)33-34-67(52,14)41-66(45,12)13)40-57(50)74-61(58)72(55)48-29-23-44(24-30-48)64(7,8)9/h19-30,35-40H,17-18,31-34,41H2,1-16H3. The zero-order chi connectivity index (χ0) is 52.2. The van der Waals surface area contributed by atoms with Gasteiger partial charge in [0.15, 0.2) is 0 Å². The molecule has 1 fully saturated rings. The van der Waals surface area contributed by atoms with E-state index in [-0.39, 0.29) is 50.2 Å². The van der Waals surface area contributed by atoms with Gasteiger partial charge in [0, 0.05) is 50.4 Å². The molecule has 0 N–H and O–H groups in total. The van der Waals surface area contributed by atoms with Gasteiger partial charge in [-0.05, 0) is 182 Å². The molecule has 74 heavy (non-hydrogen) atoms. The molecule has 13 rings (SSSR count). The van der Waals surface area contributed by atoms with E-state index in [9.17, 15) is 0 Å². The highest BCUT2D eigenvalue weighted by molar-refractivity contribution is 7.01. The molecule has 0 saturated heterocycles. The van der Waals surface area contributed by atoms with Gasteiger partial charge in [-0.15, -0.1) is 0 Å². The van der Waals surface area contributed by atoms with Gasteiger partial charge in [-0.1, -0.05) is 165 Å². The van der Waals surface area contributed by atoms with Crippen LogP contribution in [0.25, 0.3) is 11.0 Å². The smallest absolute Gasteiger partial charge is 0.257 e. The fourth-order valence-corrected chi connectivity index (χ4v) is 15.6. The molecule has 2 aliphatic carbocycles. The number of anilines is 8. The Morgan fingerprint density at radius 3 is 1.69 bits per heavy atom. The van der Waals surface area contributed by atoms with Crippen LogP contribution in [0.15, 0.2) is 114 Å². The lowest BCUT2D eigenvalue weighted by molar-refractivity contribution is 0.194. The normalized spacial score (nSPS) is 23.9. The Labute approximate surface area is 444 Å². The molecule has 3 unspecified atom stereocenters. The fourth-order valence-electron chi connectivity index (χ4n) is 15.6. The first-order valence-electron chi connectivity index (χ1n) is 28.3. The van der Waals surface area contributed by atoms with Crippen molar-refractivity contribution in [1.82, 2.24) is 0 Å². The average molecular weight is 978 g/mol. The van der Waals surface area contributed by atoms with Crippen LogP contribution in [0.2, 0.25) is 0 Å². The van der Waals surface area contributed by atoms with Crippen molar-refractivity contribution in [3.8, 4) is 0 Å². The summed E-state index contributed by atoms with van der Waals surface area (Å²) in [6, 6.07) is 44.0. The van der Waals surface area contributed by atoms with E-state index in [0.29, 0.717) is 0 Å². The van der Waals surface area contributed by atoms with Crippen LogP contribution in [0.3, 0.4) is 0 Å². The van der Waals surface area contributed by atoms with Gasteiger partial charge < -0.3 is 14.2 Å². The lowest BCUT2D eigenvalue weighted by Crippen LogP contribution is -2.64. The van der Waals surface area contributed by atoms with Gasteiger partial charge in [0.1, 0.15) is 5.58 Å². The van der Waals surface area contributed by atoms with Crippen LogP contribution in [0.1, 0.15) is 195 Å². The number of furan rings is 1. The van der Waals surface area contributed by atoms with Gasteiger partial charge in [-0.3, -0.25) is 4.90 Å². The Morgan fingerprint density at radius 2 is 1.09 bits per heavy atom. The maximum atomic E-state index is 7.71. The number of hydrogen-bond acceptors (Lipinski definition) is 4. The van der Waals surface area contributed by atoms with Crippen molar-refractivity contribution in [2.24, 2.45) is 0 Å². The van der Waals surface area contributed by atoms with Crippen LogP contribution in [-0.2, 0) is 37.9 Å². The highest BCUT2D eigenvalue weighted by Crippen LogP contribution is 2.64. The first-order chi connectivity index (χ1) is 34.6. The minimum Gasteiger partial charge on any atom is -0.440 e. The lowest BCUT2D eigenvalue weighted by Gasteiger charge is -2.52. The number of rotatable bonds is 4. The molecule has 380 valence electrons. The zero-order valence-corrected chi connectivity index (χ0v) is 47.7. The molecule has 1 saturated carbocycles. The summed E-state index contributed by atoms with van der Waals surface area (Å²) in [5.41, 5.74) is 23.7. The van der Waals surface area contributed by atoms with E-state index >= 15 is 0 Å². The molecule has 0 amide bonds. The highest BCUT2D eigenvalue weighted by Gasteiger charge is 2.62. The maximum absolute atomic E-state index is 7.71. The van der Waals surface area contributed by atoms with Gasteiger partial charge in [-0.2, -0.15) is 0 Å². The van der Waals surface area contributed by atoms with Gasteiger partial charge in [0.2, 0.25) is 5.88 Å². The summed E-state index contributed by atoms with van der Waals surface area (Å²) in [6.07, 6.45) is 8.22. The van der Waals surface area contributed by atoms with Crippen LogP contribution < -0.4 is 31.1 Å². The largest absolute Gasteiger partial charge is 0.440 e. The second-order valence-corrected chi connectivity index (χ2v) is 29.2. The van der Waals surface area contributed by atoms with Crippen LogP contribution in [0, 0.1) is 0 Å². The molecule has 4 bridgehead atoms. The van der Waals surface area contributed by atoms with Crippen LogP contribution in [0.5, 0.6) is 0 Å². The van der Waals surface area contributed by atoms with Crippen LogP contribution in [0.4, 0.5) is 45.7 Å². The van der Waals surface area contributed by atoms with Crippen molar-refractivity contribution >= 4 is 79.8 Å². The summed E-state index contributed by atoms with van der Waals surface area (Å²) in [5, 5.41) is 1.28. The number of fused-ring (bicyclic) bond motifs is 5. The third-order valence-electron chi connectivity index (χ3n) is 20.3. The lowest BCUT2D eigenvalue weighted by atomic mass is 9.33. The van der Waals surface area contributed by atoms with Crippen LogP contribution >= 0.6 is 0 Å². The molecule has 5 heterocycles. The second kappa shape index (κ2) is 15.0. The molecule has 6 aromatic carbocycles. The van der Waals surface area contributed by atoms with E-state index in [2.05, 4.69) is 235 Å². The van der Waals surface area contributed by atoms with E-state index in [1.54, 1.807) is 5.56 Å². The zero-order valence-electron chi connectivity index (χ0n) is 47.7. The number of nitrogens with zero attached hydrogens (tertiary/aromatic N) is 3. The third kappa shape index (κ3) is 6.58. The second-order valence-electron chi connectivity index (χ2n) is 29.2. The Balaban J connectivity index is 1.18. The van der Waals surface area contributed by atoms with E-state index in [4.69, 9.17) is 4.42 Å². The minimum absolute atomic E-state index is 0.00405. The van der Waals surface area contributed by atoms with Crippen molar-refractivity contribution in [3.05, 3.63) is 148 Å². The van der Waals surface area contributed by atoms with Crippen molar-refractivity contribution in [3.63, 3.8) is 0 Å².